The van der Waals surface area contributed by atoms with Gasteiger partial charge in [-0.2, -0.15) is 0 Å². The van der Waals surface area contributed by atoms with E-state index in [2.05, 4.69) is 0 Å². The average molecular weight is 528 g/mol. The number of hydrogen-bond donors (Lipinski definition) is 2. The van der Waals surface area contributed by atoms with Crippen molar-refractivity contribution in [1.82, 2.24) is 0 Å². The predicted octanol–water partition coefficient (Wildman–Crippen LogP) is 6.04. The van der Waals surface area contributed by atoms with E-state index < -0.39 is 23.5 Å². The minimum absolute atomic E-state index is 0.101. The number of aliphatic hydroxyl groups is 1. The Hall–Kier alpha value is -3.68. The number of amides is 1. The van der Waals surface area contributed by atoms with Crippen LogP contribution >= 0.6 is 23.2 Å². The molecule has 186 valence electrons. The zero-order valence-corrected chi connectivity index (χ0v) is 21.2. The number of methoxy groups -OCH3 is 1. The van der Waals surface area contributed by atoms with E-state index in [1.165, 1.54) is 36.3 Å². The molecule has 2 N–H and O–H groups in total. The predicted molar refractivity (Wildman–Crippen MR) is 138 cm³/mol. The second-order valence-electron chi connectivity index (χ2n) is 8.11. The number of rotatable bonds is 6. The maximum atomic E-state index is 13.4. The summed E-state index contributed by atoms with van der Waals surface area (Å²) in [6.07, 6.45) is 0. The van der Waals surface area contributed by atoms with Gasteiger partial charge in [0.25, 0.3) is 11.7 Å². The molecule has 1 heterocycles. The molecule has 0 saturated carbocycles. The minimum atomic E-state index is -1.05. The van der Waals surface area contributed by atoms with Crippen molar-refractivity contribution in [3.05, 3.63) is 86.9 Å². The van der Waals surface area contributed by atoms with Gasteiger partial charge in [-0.1, -0.05) is 29.3 Å². The summed E-state index contributed by atoms with van der Waals surface area (Å²) in [4.78, 5) is 28.1. The molecule has 0 bridgehead atoms. The second kappa shape index (κ2) is 10.1. The molecule has 9 heteroatoms. The van der Waals surface area contributed by atoms with Gasteiger partial charge in [0.2, 0.25) is 0 Å². The summed E-state index contributed by atoms with van der Waals surface area (Å²) in [7, 11) is 1.46. The van der Waals surface area contributed by atoms with Gasteiger partial charge in [0, 0.05) is 16.3 Å². The van der Waals surface area contributed by atoms with Crippen LogP contribution in [0.1, 0.15) is 29.7 Å². The summed E-state index contributed by atoms with van der Waals surface area (Å²) >= 11 is 12.5. The lowest BCUT2D eigenvalue weighted by molar-refractivity contribution is -0.132. The van der Waals surface area contributed by atoms with Crippen molar-refractivity contribution in [2.45, 2.75) is 19.9 Å². The molecule has 3 aromatic carbocycles. The molecule has 7 nitrogen and oxygen atoms in total. The topological polar surface area (TPSA) is 96.3 Å². The number of aryl methyl sites for hydroxylation is 1. The first kappa shape index (κ1) is 25.4. The van der Waals surface area contributed by atoms with Crippen molar-refractivity contribution >= 4 is 46.3 Å². The summed E-state index contributed by atoms with van der Waals surface area (Å²) in [5.74, 6) is -1.70. The summed E-state index contributed by atoms with van der Waals surface area (Å²) < 4.78 is 10.8. The molecule has 1 unspecified atom stereocenters. The average Bonchev–Trinajstić information content (AvgIpc) is 3.11. The van der Waals surface area contributed by atoms with Gasteiger partial charge < -0.3 is 19.7 Å². The molecular formula is C27H23Cl2NO6. The van der Waals surface area contributed by atoms with Crippen LogP contribution in [0.2, 0.25) is 10.0 Å². The third-order valence-electron chi connectivity index (χ3n) is 5.89. The standard InChI is InChI=1S/C27H23Cl2NO6/c1-4-36-22-12-15(5-10-21(22)31)24-23(25(32)18-13-17(35-3)7-8-19(18)29)26(33)27(34)30(24)20-9-6-16(28)11-14(20)2/h5-13,24,31-32H,4H2,1-3H3/b25-23+. The molecule has 1 aliphatic heterocycles. The van der Waals surface area contributed by atoms with Gasteiger partial charge in [0.1, 0.15) is 11.5 Å². The fraction of sp³-hybridized carbons (Fsp3) is 0.185. The monoisotopic (exact) mass is 527 g/mol. The van der Waals surface area contributed by atoms with Crippen LogP contribution in [0.5, 0.6) is 17.2 Å². The largest absolute Gasteiger partial charge is 0.507 e. The number of aromatic hydroxyl groups is 1. The molecular weight excluding hydrogens is 505 g/mol. The van der Waals surface area contributed by atoms with E-state index in [0.717, 1.165) is 0 Å². The van der Waals surface area contributed by atoms with Crippen LogP contribution in [0.3, 0.4) is 0 Å². The van der Waals surface area contributed by atoms with Crippen LogP contribution in [0.15, 0.2) is 60.2 Å². The van der Waals surface area contributed by atoms with Crippen molar-refractivity contribution < 1.29 is 29.3 Å². The molecule has 1 atom stereocenters. The van der Waals surface area contributed by atoms with Crippen molar-refractivity contribution in [1.29, 1.82) is 0 Å². The molecule has 1 fully saturated rings. The molecule has 1 aliphatic rings. The molecule has 0 spiro atoms. The molecule has 1 saturated heterocycles. The molecule has 4 rings (SSSR count). The van der Waals surface area contributed by atoms with E-state index in [-0.39, 0.29) is 34.3 Å². The Morgan fingerprint density at radius 3 is 2.47 bits per heavy atom. The van der Waals surface area contributed by atoms with E-state index in [0.29, 0.717) is 27.6 Å². The Labute approximate surface area is 218 Å². The third kappa shape index (κ3) is 4.47. The van der Waals surface area contributed by atoms with Gasteiger partial charge in [0.15, 0.2) is 11.5 Å². The number of halogens is 2. The third-order valence-corrected chi connectivity index (χ3v) is 6.46. The molecule has 1 amide bonds. The number of phenolic OH excluding ortho intramolecular Hbond substituents is 1. The van der Waals surface area contributed by atoms with E-state index in [9.17, 15) is 19.8 Å². The number of carbonyl (C=O) groups is 2. The molecule has 0 aliphatic carbocycles. The summed E-state index contributed by atoms with van der Waals surface area (Å²) in [5.41, 5.74) is 1.49. The number of anilines is 1. The second-order valence-corrected chi connectivity index (χ2v) is 8.95. The Morgan fingerprint density at radius 2 is 1.81 bits per heavy atom. The quantitative estimate of drug-likeness (QED) is 0.230. The highest BCUT2D eigenvalue weighted by Gasteiger charge is 2.47. The number of phenols is 1. The van der Waals surface area contributed by atoms with Gasteiger partial charge >= 0.3 is 0 Å². The summed E-state index contributed by atoms with van der Waals surface area (Å²) in [6.45, 7) is 3.81. The Kier molecular flexibility index (Phi) is 7.15. The summed E-state index contributed by atoms with van der Waals surface area (Å²) in [6, 6.07) is 13.0. The highest BCUT2D eigenvalue weighted by atomic mass is 35.5. The lowest BCUT2D eigenvalue weighted by Gasteiger charge is -2.27. The SMILES string of the molecule is CCOc1cc(C2/C(=C(\O)c3cc(OC)ccc3Cl)C(=O)C(=O)N2c2ccc(Cl)cc2C)ccc1O. The minimum Gasteiger partial charge on any atom is -0.507 e. The fourth-order valence-electron chi connectivity index (χ4n) is 4.22. The highest BCUT2D eigenvalue weighted by molar-refractivity contribution is 6.52. The van der Waals surface area contributed by atoms with Crippen molar-refractivity contribution in [2.75, 3.05) is 18.6 Å². The number of ketones is 1. The maximum absolute atomic E-state index is 13.4. The Balaban J connectivity index is 2.01. The molecule has 36 heavy (non-hydrogen) atoms. The van der Waals surface area contributed by atoms with Crippen LogP contribution < -0.4 is 14.4 Å². The zero-order valence-electron chi connectivity index (χ0n) is 19.7. The fourth-order valence-corrected chi connectivity index (χ4v) is 4.65. The van der Waals surface area contributed by atoms with Gasteiger partial charge in [-0.05, 0) is 73.5 Å². The van der Waals surface area contributed by atoms with Crippen LogP contribution in [0.4, 0.5) is 5.69 Å². The maximum Gasteiger partial charge on any atom is 0.300 e. The van der Waals surface area contributed by atoms with E-state index in [4.69, 9.17) is 32.7 Å². The van der Waals surface area contributed by atoms with Crippen molar-refractivity contribution in [3.63, 3.8) is 0 Å². The normalized spacial score (nSPS) is 16.9. The molecule has 3 aromatic rings. The number of aliphatic hydroxyl groups excluding tert-OH is 1. The highest BCUT2D eigenvalue weighted by Crippen LogP contribution is 2.45. The van der Waals surface area contributed by atoms with Gasteiger partial charge in [-0.15, -0.1) is 0 Å². The van der Waals surface area contributed by atoms with Crippen LogP contribution in [0, 0.1) is 6.92 Å². The van der Waals surface area contributed by atoms with Crippen LogP contribution in [0.25, 0.3) is 5.76 Å². The van der Waals surface area contributed by atoms with E-state index >= 15 is 0 Å². The lowest BCUT2D eigenvalue weighted by Crippen LogP contribution is -2.30. The molecule has 0 radical (unpaired) electrons. The van der Waals surface area contributed by atoms with Crippen molar-refractivity contribution in [2.24, 2.45) is 0 Å². The van der Waals surface area contributed by atoms with Crippen LogP contribution in [-0.4, -0.2) is 35.6 Å². The Morgan fingerprint density at radius 1 is 1.06 bits per heavy atom. The van der Waals surface area contributed by atoms with Gasteiger partial charge in [-0.25, -0.2) is 0 Å². The number of ether oxygens (including phenoxy) is 2. The number of benzene rings is 3. The number of hydrogen-bond acceptors (Lipinski definition) is 6. The number of Topliss-reactive ketones (excluding diaryl/α,β-unsaturated/α-hetero) is 1. The summed E-state index contributed by atoms with van der Waals surface area (Å²) in [5, 5.41) is 22.3. The Bertz CT molecular complexity index is 1400. The van der Waals surface area contributed by atoms with Crippen molar-refractivity contribution in [3.8, 4) is 17.2 Å². The van der Waals surface area contributed by atoms with Gasteiger partial charge in [-0.3, -0.25) is 14.5 Å². The number of nitrogens with zero attached hydrogens (tertiary/aromatic N) is 1. The van der Waals surface area contributed by atoms with E-state index in [1.54, 1.807) is 44.2 Å². The van der Waals surface area contributed by atoms with E-state index in [1.807, 2.05) is 0 Å². The first-order valence-corrected chi connectivity index (χ1v) is 11.8. The van der Waals surface area contributed by atoms with Crippen LogP contribution in [-0.2, 0) is 9.59 Å². The lowest BCUT2D eigenvalue weighted by atomic mass is 9.94. The first-order chi connectivity index (χ1) is 17.2. The van der Waals surface area contributed by atoms with Gasteiger partial charge in [0.05, 0.1) is 30.4 Å². The first-order valence-electron chi connectivity index (χ1n) is 11.0. The smallest absolute Gasteiger partial charge is 0.300 e. The molecule has 0 aromatic heterocycles. The zero-order chi connectivity index (χ0) is 26.1. The number of carbonyl (C=O) groups excluding carboxylic acids is 2.